The zero-order chi connectivity index (χ0) is 9.91. The van der Waals surface area contributed by atoms with Gasteiger partial charge in [-0.15, -0.1) is 13.2 Å². The molecular weight excluding hydrogens is 255 g/mol. The summed E-state index contributed by atoms with van der Waals surface area (Å²) in [5, 5.41) is 17.9. The van der Waals surface area contributed by atoms with E-state index in [0.29, 0.717) is 0 Å². The van der Waals surface area contributed by atoms with Gasteiger partial charge in [0.1, 0.15) is 0 Å². The number of rotatable bonds is 0. The van der Waals surface area contributed by atoms with E-state index in [1.165, 1.54) is 0 Å². The Kier molecular flexibility index (Phi) is 115. The normalized spacial score (nSPS) is 6.27. The molecule has 0 amide bonds. The zero-order valence-corrected chi connectivity index (χ0v) is 11.4. The van der Waals surface area contributed by atoms with Crippen LogP contribution < -0.4 is 43.2 Å². The first kappa shape index (κ1) is 46.3. The Balaban J connectivity index is -0.0000000117. The third kappa shape index (κ3) is 47800. The minimum absolute atomic E-state index is 0. The monoisotopic (exact) mass is 281 g/mol. The van der Waals surface area contributed by atoms with Crippen LogP contribution >= 0.6 is 0 Å². The summed E-state index contributed by atoms with van der Waals surface area (Å²) in [6.45, 7) is 3.14. The molecule has 11 heteroatoms. The van der Waals surface area contributed by atoms with Gasteiger partial charge in [-0.25, -0.2) is 0 Å². The molecule has 16 N–H and O–H groups in total. The van der Waals surface area contributed by atoms with Crippen molar-refractivity contribution >= 4 is 0 Å². The fourth-order valence-corrected chi connectivity index (χ4v) is 0. The Bertz CT molecular complexity index is 130. The van der Waals surface area contributed by atoms with Gasteiger partial charge in [-0.2, -0.15) is 0 Å². The maximum atomic E-state index is 8.93. The van der Waals surface area contributed by atoms with Crippen LogP contribution in [-0.4, -0.2) is 13.2 Å². The van der Waals surface area contributed by atoms with E-state index in [9.17, 15) is 0 Å². The summed E-state index contributed by atoms with van der Waals surface area (Å²) in [6.07, 6.45) is 0. The maximum absolute atomic E-state index is 8.93. The van der Waals surface area contributed by atoms with E-state index in [2.05, 4.69) is 0 Å². The second-order valence-corrected chi connectivity index (χ2v) is 2.14. The summed E-state index contributed by atoms with van der Waals surface area (Å²) < 4.78 is 34.3. The molecule has 0 atom stereocenters. The van der Waals surface area contributed by atoms with Gasteiger partial charge in [-0.1, -0.05) is 13.8 Å². The van der Waals surface area contributed by atoms with Gasteiger partial charge in [-0.3, -0.25) is 0 Å². The molecule has 0 aromatic rings. The molecule has 0 aliphatic heterocycles. The predicted molar refractivity (Wildman–Crippen MR) is 46.4 cm³/mol. The first-order chi connectivity index (χ1) is 4.83. The molecule has 10 nitrogen and oxygen atoms in total. The molecule has 0 heterocycles. The van der Waals surface area contributed by atoms with Crippen LogP contribution in [0.1, 0.15) is 13.8 Å². The summed E-state index contributed by atoms with van der Waals surface area (Å²) in [6, 6.07) is 0. The van der Waals surface area contributed by atoms with E-state index in [4.69, 9.17) is 26.3 Å². The molecule has 0 aromatic heterocycles. The van der Waals surface area contributed by atoms with Crippen LogP contribution in [0.15, 0.2) is 0 Å². The zero-order valence-electron chi connectivity index (χ0n) is 10.2. The van der Waals surface area contributed by atoms with Crippen LogP contribution in [-0.2, 0) is 21.0 Å². The Labute approximate surface area is 91.9 Å². The van der Waals surface area contributed by atoms with Gasteiger partial charge in [0, 0.05) is 0 Å². The van der Waals surface area contributed by atoms with Gasteiger partial charge in [0.05, 0.1) is 0 Å². The molecule has 0 aromatic carbocycles. The van der Waals surface area contributed by atoms with Gasteiger partial charge < -0.3 is 34.8 Å². The van der Waals surface area contributed by atoms with E-state index in [1.807, 2.05) is 0 Å². The summed E-state index contributed by atoms with van der Waals surface area (Å²) in [4.78, 5) is 0. The molecule has 0 spiro atoms. The van der Waals surface area contributed by atoms with Crippen molar-refractivity contribution in [1.29, 1.82) is 0 Å². The molecule has 0 saturated carbocycles. The summed E-state index contributed by atoms with van der Waals surface area (Å²) in [5.74, 6) is 0. The van der Waals surface area contributed by atoms with E-state index < -0.39 is 13.4 Å². The van der Waals surface area contributed by atoms with Crippen molar-refractivity contribution in [2.75, 3.05) is 13.2 Å². The third-order valence-corrected chi connectivity index (χ3v) is 0. The minimum atomic E-state index is -5.62. The molecule has 0 aliphatic rings. The number of hydrogen-bond acceptors (Lipinski definition) is 6. The molecule has 105 valence electrons. The fraction of sp³-hybridized carbons (Fsp3) is 1.00. The van der Waals surface area contributed by atoms with Crippen molar-refractivity contribution in [3.63, 3.8) is 0 Å². The molecule has 0 fully saturated rings. The molecular formula is C4H26MnN4O6. The number of quaternary nitrogens is 4. The van der Waals surface area contributed by atoms with Crippen molar-refractivity contribution in [1.82, 2.24) is 24.6 Å². The van der Waals surface area contributed by atoms with Gasteiger partial charge in [0.25, 0.3) is 0 Å². The summed E-state index contributed by atoms with van der Waals surface area (Å²) in [7, 11) is 0. The molecule has 0 unspecified atom stereocenters. The van der Waals surface area contributed by atoms with E-state index in [-0.39, 0.29) is 37.8 Å². The second-order valence-electron chi connectivity index (χ2n) is 0.955. The van der Waals surface area contributed by atoms with Crippen LogP contribution in [0.3, 0.4) is 0 Å². The standard InChI is InChI=1S/2C2H5O.Mn.4H3N.4O/c2*1-2-3;;;;;;;;;/h2*2H2,1H3;;4*1H3;;;;/q2*-1;;;;;;;;2*-1/p+4. The Morgan fingerprint density at radius 2 is 0.800 bits per heavy atom. The van der Waals surface area contributed by atoms with Crippen LogP contribution in [0, 0.1) is 0 Å². The van der Waals surface area contributed by atoms with Crippen molar-refractivity contribution in [3.05, 3.63) is 0 Å². The number of hydrogen-bond donors (Lipinski definition) is 4. The SMILES string of the molecule is CC[O-].CC[O-].[NH4+].[NH4+].[NH4+].[NH4+].[O]=[Mn](=[O])([O-])[O-]. The van der Waals surface area contributed by atoms with Crippen LogP contribution in [0.4, 0.5) is 0 Å². The Morgan fingerprint density at radius 3 is 0.800 bits per heavy atom. The summed E-state index contributed by atoms with van der Waals surface area (Å²) in [5.41, 5.74) is 0. The van der Waals surface area contributed by atoms with Crippen LogP contribution in [0.5, 0.6) is 0 Å². The quantitative estimate of drug-likeness (QED) is 0.351. The Morgan fingerprint density at radius 1 is 0.800 bits per heavy atom. The average molecular weight is 281 g/mol. The average Bonchev–Trinajstić information content (AvgIpc) is 1.62. The molecule has 0 aliphatic carbocycles. The van der Waals surface area contributed by atoms with Crippen molar-refractivity contribution < 1.29 is 39.6 Å². The van der Waals surface area contributed by atoms with Crippen molar-refractivity contribution in [2.24, 2.45) is 0 Å². The van der Waals surface area contributed by atoms with E-state index in [0.717, 1.165) is 0 Å². The van der Waals surface area contributed by atoms with Gasteiger partial charge >= 0.3 is 29.4 Å². The van der Waals surface area contributed by atoms with E-state index >= 15 is 0 Å². The molecule has 0 saturated heterocycles. The molecule has 0 bridgehead atoms. The van der Waals surface area contributed by atoms with Gasteiger partial charge in [0.2, 0.25) is 0 Å². The van der Waals surface area contributed by atoms with Crippen LogP contribution in [0.25, 0.3) is 0 Å². The van der Waals surface area contributed by atoms with Crippen molar-refractivity contribution in [2.45, 2.75) is 13.8 Å². The topological polar surface area (TPSA) is 272 Å². The first-order valence-electron chi connectivity index (χ1n) is 2.61. The van der Waals surface area contributed by atoms with Crippen LogP contribution in [0.2, 0.25) is 0 Å². The fourth-order valence-electron chi connectivity index (χ4n) is 0. The summed E-state index contributed by atoms with van der Waals surface area (Å²) >= 11 is -5.62. The first-order valence-corrected chi connectivity index (χ1v) is 4.54. The third-order valence-electron chi connectivity index (χ3n) is 0. The van der Waals surface area contributed by atoms with Gasteiger partial charge in [-0.05, 0) is 0 Å². The van der Waals surface area contributed by atoms with E-state index in [1.54, 1.807) is 13.8 Å². The van der Waals surface area contributed by atoms with Crippen molar-refractivity contribution in [3.8, 4) is 0 Å². The molecule has 0 rings (SSSR count). The predicted octanol–water partition coefficient (Wildman–Crippen LogP) is -2.38. The molecule has 15 heavy (non-hydrogen) atoms. The Hall–Kier alpha value is -0.201. The second kappa shape index (κ2) is 37.2. The molecule has 0 radical (unpaired) electrons. The van der Waals surface area contributed by atoms with Gasteiger partial charge in [0.15, 0.2) is 0 Å².